The highest BCUT2D eigenvalue weighted by molar-refractivity contribution is 5.82. The van der Waals surface area contributed by atoms with Crippen LogP contribution in [0.4, 0.5) is 17.3 Å². The molecule has 0 unspecified atom stereocenters. The Hall–Kier alpha value is -3.98. The maximum atomic E-state index is 5.43. The molecule has 0 saturated carbocycles. The Labute approximate surface area is 184 Å². The van der Waals surface area contributed by atoms with Gasteiger partial charge in [0.25, 0.3) is 0 Å². The number of aromatic nitrogens is 6. The molecule has 9 nitrogen and oxygen atoms in total. The molecule has 0 atom stereocenters. The van der Waals surface area contributed by atoms with E-state index < -0.39 is 0 Å². The van der Waals surface area contributed by atoms with Crippen molar-refractivity contribution < 1.29 is 4.74 Å². The van der Waals surface area contributed by atoms with Crippen LogP contribution in [0.1, 0.15) is 0 Å². The summed E-state index contributed by atoms with van der Waals surface area (Å²) in [6.07, 6.45) is 9.34. The second-order valence-corrected chi connectivity index (χ2v) is 7.82. The molecule has 1 aromatic carbocycles. The second kappa shape index (κ2) is 7.61. The first kappa shape index (κ1) is 18.8. The SMILES string of the molecule is Cn1cnc2ccc(-c3cn4ccnc4c(Nc4ccc(N5CCOCC5)nc4)n3)cc21. The molecule has 0 aliphatic carbocycles. The van der Waals surface area contributed by atoms with Crippen molar-refractivity contribution >= 4 is 34.0 Å². The summed E-state index contributed by atoms with van der Waals surface area (Å²) in [7, 11) is 1.99. The van der Waals surface area contributed by atoms with E-state index in [1.54, 1.807) is 6.20 Å². The van der Waals surface area contributed by atoms with E-state index in [9.17, 15) is 0 Å². The first-order valence-corrected chi connectivity index (χ1v) is 10.6. The molecule has 160 valence electrons. The van der Waals surface area contributed by atoms with Crippen LogP contribution >= 0.6 is 0 Å². The van der Waals surface area contributed by atoms with E-state index in [0.717, 1.165) is 65.7 Å². The number of pyridine rings is 1. The van der Waals surface area contributed by atoms with Gasteiger partial charge in [-0.15, -0.1) is 0 Å². The maximum Gasteiger partial charge on any atom is 0.180 e. The van der Waals surface area contributed by atoms with Crippen LogP contribution in [0.15, 0.2) is 61.4 Å². The zero-order valence-corrected chi connectivity index (χ0v) is 17.6. The topological polar surface area (TPSA) is 85.4 Å². The summed E-state index contributed by atoms with van der Waals surface area (Å²) in [4.78, 5) is 20.6. The van der Waals surface area contributed by atoms with E-state index in [-0.39, 0.29) is 0 Å². The van der Waals surface area contributed by atoms with E-state index in [2.05, 4.69) is 31.2 Å². The third kappa shape index (κ3) is 3.32. The molecule has 4 aromatic heterocycles. The van der Waals surface area contributed by atoms with Crippen LogP contribution in [0, 0.1) is 0 Å². The lowest BCUT2D eigenvalue weighted by Gasteiger charge is -2.27. The molecule has 9 heteroatoms. The Balaban J connectivity index is 1.34. The van der Waals surface area contributed by atoms with Crippen LogP contribution in [0.2, 0.25) is 0 Å². The van der Waals surface area contributed by atoms with Gasteiger partial charge in [-0.05, 0) is 24.3 Å². The minimum absolute atomic E-state index is 0.679. The monoisotopic (exact) mass is 426 g/mol. The Morgan fingerprint density at radius 2 is 1.94 bits per heavy atom. The molecule has 5 heterocycles. The Bertz CT molecular complexity index is 1400. The highest BCUT2D eigenvalue weighted by Crippen LogP contribution is 2.27. The van der Waals surface area contributed by atoms with Crippen molar-refractivity contribution in [2.24, 2.45) is 7.05 Å². The zero-order chi connectivity index (χ0) is 21.5. The van der Waals surface area contributed by atoms with Gasteiger partial charge < -0.3 is 23.9 Å². The van der Waals surface area contributed by atoms with Crippen molar-refractivity contribution in [3.63, 3.8) is 0 Å². The van der Waals surface area contributed by atoms with Crippen molar-refractivity contribution in [3.8, 4) is 11.3 Å². The summed E-state index contributed by atoms with van der Waals surface area (Å²) in [5.74, 6) is 1.63. The second-order valence-electron chi connectivity index (χ2n) is 7.82. The number of ether oxygens (including phenoxy) is 1. The lowest BCUT2D eigenvalue weighted by atomic mass is 10.1. The van der Waals surface area contributed by atoms with Crippen molar-refractivity contribution in [2.45, 2.75) is 0 Å². The highest BCUT2D eigenvalue weighted by Gasteiger charge is 2.14. The van der Waals surface area contributed by atoms with Gasteiger partial charge in [0.2, 0.25) is 0 Å². The number of anilines is 3. The van der Waals surface area contributed by atoms with E-state index in [1.165, 1.54) is 0 Å². The van der Waals surface area contributed by atoms with Gasteiger partial charge in [-0.1, -0.05) is 6.07 Å². The van der Waals surface area contributed by atoms with Crippen molar-refractivity contribution in [3.05, 3.63) is 61.4 Å². The largest absolute Gasteiger partial charge is 0.378 e. The number of fused-ring (bicyclic) bond motifs is 2. The molecule has 0 bridgehead atoms. The Kier molecular flexibility index (Phi) is 4.46. The average Bonchev–Trinajstić information content (AvgIpc) is 3.47. The minimum atomic E-state index is 0.679. The molecule has 0 radical (unpaired) electrons. The fourth-order valence-corrected chi connectivity index (χ4v) is 4.02. The molecule has 1 aliphatic rings. The first-order chi connectivity index (χ1) is 15.7. The summed E-state index contributed by atoms with van der Waals surface area (Å²) in [5.41, 5.74) is 5.50. The van der Waals surface area contributed by atoms with Crippen LogP contribution in [-0.2, 0) is 11.8 Å². The predicted molar refractivity (Wildman–Crippen MR) is 123 cm³/mol. The summed E-state index contributed by atoms with van der Waals surface area (Å²) >= 11 is 0. The normalized spacial score (nSPS) is 14.3. The average molecular weight is 426 g/mol. The number of hydrogen-bond donors (Lipinski definition) is 1. The van der Waals surface area contributed by atoms with E-state index >= 15 is 0 Å². The van der Waals surface area contributed by atoms with E-state index in [1.807, 2.05) is 65.2 Å². The number of hydrogen-bond acceptors (Lipinski definition) is 7. The quantitative estimate of drug-likeness (QED) is 0.472. The Morgan fingerprint density at radius 1 is 1.03 bits per heavy atom. The van der Waals surface area contributed by atoms with Gasteiger partial charge in [0.15, 0.2) is 11.5 Å². The van der Waals surface area contributed by atoms with Crippen LogP contribution in [0.5, 0.6) is 0 Å². The van der Waals surface area contributed by atoms with Gasteiger partial charge >= 0.3 is 0 Å². The number of benzene rings is 1. The molecule has 1 aliphatic heterocycles. The molecular formula is C23H22N8O. The molecular weight excluding hydrogens is 404 g/mol. The van der Waals surface area contributed by atoms with Crippen molar-refractivity contribution in [1.82, 2.24) is 28.9 Å². The highest BCUT2D eigenvalue weighted by atomic mass is 16.5. The zero-order valence-electron chi connectivity index (χ0n) is 17.6. The lowest BCUT2D eigenvalue weighted by Crippen LogP contribution is -2.36. The van der Waals surface area contributed by atoms with Crippen molar-refractivity contribution in [1.29, 1.82) is 0 Å². The van der Waals surface area contributed by atoms with Gasteiger partial charge in [0, 0.05) is 44.3 Å². The third-order valence-corrected chi connectivity index (χ3v) is 5.74. The summed E-state index contributed by atoms with van der Waals surface area (Å²) in [5, 5.41) is 3.40. The molecule has 1 fully saturated rings. The number of nitrogens with zero attached hydrogens (tertiary/aromatic N) is 7. The number of imidazole rings is 2. The number of morpholine rings is 1. The predicted octanol–water partition coefficient (Wildman–Crippen LogP) is 3.26. The molecule has 0 amide bonds. The van der Waals surface area contributed by atoms with E-state index in [0.29, 0.717) is 5.82 Å². The third-order valence-electron chi connectivity index (χ3n) is 5.74. The number of nitrogens with one attached hydrogen (secondary N) is 1. The fourth-order valence-electron chi connectivity index (χ4n) is 4.02. The molecule has 1 N–H and O–H groups in total. The molecule has 32 heavy (non-hydrogen) atoms. The molecule has 0 spiro atoms. The van der Waals surface area contributed by atoms with Gasteiger partial charge in [-0.25, -0.2) is 19.9 Å². The van der Waals surface area contributed by atoms with Gasteiger partial charge in [0.1, 0.15) is 5.82 Å². The molecule has 6 rings (SSSR count). The molecule has 5 aromatic rings. The molecule has 1 saturated heterocycles. The summed E-state index contributed by atoms with van der Waals surface area (Å²) in [6.45, 7) is 3.19. The van der Waals surface area contributed by atoms with Gasteiger partial charge in [0.05, 0.1) is 48.2 Å². The van der Waals surface area contributed by atoms with Gasteiger partial charge in [-0.3, -0.25) is 0 Å². The van der Waals surface area contributed by atoms with Crippen LogP contribution in [-0.4, -0.2) is 55.2 Å². The summed E-state index contributed by atoms with van der Waals surface area (Å²) < 4.78 is 9.42. The Morgan fingerprint density at radius 3 is 2.78 bits per heavy atom. The van der Waals surface area contributed by atoms with Crippen LogP contribution < -0.4 is 10.2 Å². The minimum Gasteiger partial charge on any atom is -0.378 e. The number of aryl methyl sites for hydroxylation is 1. The lowest BCUT2D eigenvalue weighted by molar-refractivity contribution is 0.122. The smallest absolute Gasteiger partial charge is 0.180 e. The fraction of sp³-hybridized carbons (Fsp3) is 0.217. The first-order valence-electron chi connectivity index (χ1n) is 10.6. The standard InChI is InChI=1S/C23H22N8O/c1-29-15-26-18-4-2-16(12-20(18)29)19-14-31-7-6-24-23(31)22(28-19)27-17-3-5-21(25-13-17)30-8-10-32-11-9-30/h2-7,12-15H,8-11H2,1H3,(H,27,28). The maximum absolute atomic E-state index is 5.43. The van der Waals surface area contributed by atoms with Gasteiger partial charge in [-0.2, -0.15) is 0 Å². The van der Waals surface area contributed by atoms with Crippen LogP contribution in [0.25, 0.3) is 27.9 Å². The van der Waals surface area contributed by atoms with E-state index in [4.69, 9.17) is 9.72 Å². The van der Waals surface area contributed by atoms with Crippen molar-refractivity contribution in [2.75, 3.05) is 36.5 Å². The summed E-state index contributed by atoms with van der Waals surface area (Å²) in [6, 6.07) is 10.2. The van der Waals surface area contributed by atoms with Crippen LogP contribution in [0.3, 0.4) is 0 Å². The number of rotatable bonds is 4.